The lowest BCUT2D eigenvalue weighted by atomic mass is 10.1. The molecule has 1 aromatic rings. The Morgan fingerprint density at radius 2 is 1.81 bits per heavy atom. The van der Waals surface area contributed by atoms with Crippen LogP contribution in [0.25, 0.3) is 0 Å². The Bertz CT molecular complexity index is 374. The average molecular weight is 451 g/mol. The molecule has 0 spiro atoms. The van der Waals surface area contributed by atoms with Gasteiger partial charge in [-0.3, -0.25) is 4.79 Å². The first kappa shape index (κ1) is 15.9. The van der Waals surface area contributed by atoms with Crippen LogP contribution in [0, 0.1) is 7.14 Å². The summed E-state index contributed by atoms with van der Waals surface area (Å²) in [7, 11) is 0. The molecule has 7 heteroatoms. The zero-order valence-electron chi connectivity index (χ0n) is 8.08. The van der Waals surface area contributed by atoms with E-state index in [1.165, 1.54) is 0 Å². The summed E-state index contributed by atoms with van der Waals surface area (Å²) in [4.78, 5) is 10.6. The van der Waals surface area contributed by atoms with Crippen molar-refractivity contribution in [1.29, 1.82) is 0 Å². The normalized spacial score (nSPS) is 11.7. The lowest BCUT2D eigenvalue weighted by Crippen LogP contribution is -2.32. The van der Waals surface area contributed by atoms with Crippen LogP contribution in [0.1, 0.15) is 5.56 Å². The second-order valence-electron chi connectivity index (χ2n) is 3.06. The molecule has 0 saturated heterocycles. The van der Waals surface area contributed by atoms with Gasteiger partial charge < -0.3 is 21.4 Å². The van der Waals surface area contributed by atoms with Gasteiger partial charge in [-0.1, -0.05) is 0 Å². The molecule has 0 aliphatic heterocycles. The number of aliphatic carboxylic acids is 1. The minimum atomic E-state index is -1.02. The summed E-state index contributed by atoms with van der Waals surface area (Å²) in [6.45, 7) is 0. The number of rotatable bonds is 3. The fraction of sp³-hybridized carbons (Fsp3) is 0.222. The number of hydrogen-bond acceptors (Lipinski definition) is 3. The number of benzene rings is 1. The van der Waals surface area contributed by atoms with Crippen LogP contribution in [0.15, 0.2) is 12.1 Å². The molecule has 1 aromatic carbocycles. The van der Waals surface area contributed by atoms with Gasteiger partial charge in [0.05, 0.1) is 7.14 Å². The first-order chi connectivity index (χ1) is 6.91. The lowest BCUT2D eigenvalue weighted by Gasteiger charge is -2.08. The summed E-state index contributed by atoms with van der Waals surface area (Å²) in [6, 6.07) is 2.57. The third kappa shape index (κ3) is 4.03. The number of phenols is 1. The van der Waals surface area contributed by atoms with Gasteiger partial charge in [0.25, 0.3) is 0 Å². The largest absolute Gasteiger partial charge is 0.506 e. The van der Waals surface area contributed by atoms with Gasteiger partial charge in [0.15, 0.2) is 0 Å². The quantitative estimate of drug-likeness (QED) is 0.589. The van der Waals surface area contributed by atoms with E-state index in [0.717, 1.165) is 5.56 Å². The topological polar surface area (TPSA) is 115 Å². The molecule has 0 saturated carbocycles. The Morgan fingerprint density at radius 1 is 1.38 bits per heavy atom. The van der Waals surface area contributed by atoms with E-state index in [4.69, 9.17) is 10.8 Å². The van der Waals surface area contributed by atoms with Crippen LogP contribution in [0.5, 0.6) is 5.75 Å². The first-order valence-electron chi connectivity index (χ1n) is 4.07. The molecule has 0 aromatic heterocycles. The molecule has 0 aliphatic carbocycles. The highest BCUT2D eigenvalue weighted by molar-refractivity contribution is 14.1. The van der Waals surface area contributed by atoms with Gasteiger partial charge in [-0.25, -0.2) is 0 Å². The van der Waals surface area contributed by atoms with E-state index in [1.807, 2.05) is 45.2 Å². The van der Waals surface area contributed by atoms with Crippen molar-refractivity contribution in [2.45, 2.75) is 12.5 Å². The Balaban J connectivity index is 0.00000225. The second-order valence-corrected chi connectivity index (χ2v) is 5.38. The number of carboxylic acid groups (broad SMARTS) is 1. The van der Waals surface area contributed by atoms with Crippen molar-refractivity contribution in [2.24, 2.45) is 5.73 Å². The van der Waals surface area contributed by atoms with Crippen molar-refractivity contribution < 1.29 is 20.5 Å². The Morgan fingerprint density at radius 3 is 2.19 bits per heavy atom. The number of aromatic hydroxyl groups is 1. The molecule has 5 nitrogen and oxygen atoms in total. The lowest BCUT2D eigenvalue weighted by molar-refractivity contribution is -0.138. The zero-order valence-corrected chi connectivity index (χ0v) is 12.4. The first-order valence-corrected chi connectivity index (χ1v) is 6.23. The Labute approximate surface area is 120 Å². The standard InChI is InChI=1S/C9H9I2NO3.H2O/c10-5-1-4(2-6(11)8(5)13)3-7(12)9(14)15;/h1-2,7,13H,3,12H2,(H,14,15);1H2/t7-;/m1./s1. The van der Waals surface area contributed by atoms with E-state index >= 15 is 0 Å². The molecule has 1 atom stereocenters. The van der Waals surface area contributed by atoms with Gasteiger partial charge in [-0.05, 0) is 69.3 Å². The summed E-state index contributed by atoms with van der Waals surface area (Å²) in [6.07, 6.45) is 0.265. The fourth-order valence-corrected chi connectivity index (χ4v) is 2.97. The van der Waals surface area contributed by atoms with Crippen molar-refractivity contribution in [3.63, 3.8) is 0 Å². The third-order valence-corrected chi connectivity index (χ3v) is 3.49. The molecule has 16 heavy (non-hydrogen) atoms. The number of carbonyl (C=O) groups is 1. The summed E-state index contributed by atoms with van der Waals surface area (Å²) >= 11 is 3.99. The molecule has 0 unspecified atom stereocenters. The van der Waals surface area contributed by atoms with E-state index in [2.05, 4.69) is 0 Å². The van der Waals surface area contributed by atoms with Crippen molar-refractivity contribution in [3.05, 3.63) is 24.8 Å². The van der Waals surface area contributed by atoms with Crippen LogP contribution in [0.3, 0.4) is 0 Å². The number of phenolic OH excluding ortho intramolecular Hbond substituents is 1. The van der Waals surface area contributed by atoms with Crippen LogP contribution in [-0.2, 0) is 11.2 Å². The van der Waals surface area contributed by atoms with Gasteiger partial charge in [0.2, 0.25) is 0 Å². The molecule has 1 rings (SSSR count). The van der Waals surface area contributed by atoms with Crippen LogP contribution in [0.2, 0.25) is 0 Å². The maximum atomic E-state index is 10.6. The minimum absolute atomic E-state index is 0. The molecule has 0 radical (unpaired) electrons. The van der Waals surface area contributed by atoms with Gasteiger partial charge in [-0.15, -0.1) is 0 Å². The molecular formula is C9H11I2NO4. The van der Waals surface area contributed by atoms with E-state index in [1.54, 1.807) is 12.1 Å². The minimum Gasteiger partial charge on any atom is -0.506 e. The molecule has 0 amide bonds. The van der Waals surface area contributed by atoms with Gasteiger partial charge >= 0.3 is 5.97 Å². The SMILES string of the molecule is N[C@H](Cc1cc(I)c(O)c(I)c1)C(=O)O.O. The fourth-order valence-electron chi connectivity index (χ4n) is 1.08. The Kier molecular flexibility index (Phi) is 6.51. The molecular weight excluding hydrogens is 440 g/mol. The maximum absolute atomic E-state index is 10.6. The number of hydrogen-bond donors (Lipinski definition) is 3. The highest BCUT2D eigenvalue weighted by Crippen LogP contribution is 2.27. The third-order valence-electron chi connectivity index (χ3n) is 1.85. The van der Waals surface area contributed by atoms with Crippen LogP contribution in [0.4, 0.5) is 0 Å². The van der Waals surface area contributed by atoms with Gasteiger partial charge in [0, 0.05) is 0 Å². The van der Waals surface area contributed by atoms with Crippen molar-refractivity contribution in [3.8, 4) is 5.75 Å². The molecule has 0 fully saturated rings. The van der Waals surface area contributed by atoms with Crippen molar-refractivity contribution in [2.75, 3.05) is 0 Å². The summed E-state index contributed by atoms with van der Waals surface area (Å²) in [5.74, 6) is -0.795. The smallest absolute Gasteiger partial charge is 0.320 e. The maximum Gasteiger partial charge on any atom is 0.320 e. The predicted octanol–water partition coefficient (Wildman–Crippen LogP) is 0.731. The second kappa shape index (κ2) is 6.57. The van der Waals surface area contributed by atoms with E-state index < -0.39 is 12.0 Å². The van der Waals surface area contributed by atoms with E-state index in [0.29, 0.717) is 7.14 Å². The summed E-state index contributed by atoms with van der Waals surface area (Å²) in [5, 5.41) is 18.2. The van der Waals surface area contributed by atoms with Crippen LogP contribution < -0.4 is 5.73 Å². The summed E-state index contributed by atoms with van der Waals surface area (Å²) < 4.78 is 1.40. The molecule has 90 valence electrons. The Hall–Kier alpha value is -0.130. The molecule has 6 N–H and O–H groups in total. The van der Waals surface area contributed by atoms with Crippen molar-refractivity contribution in [1.82, 2.24) is 0 Å². The molecule has 0 bridgehead atoms. The van der Waals surface area contributed by atoms with E-state index in [9.17, 15) is 9.90 Å². The average Bonchev–Trinajstić information content (AvgIpc) is 2.13. The number of carboxylic acids is 1. The highest BCUT2D eigenvalue weighted by atomic mass is 127. The summed E-state index contributed by atoms with van der Waals surface area (Å²) in [5.41, 5.74) is 6.24. The van der Waals surface area contributed by atoms with Gasteiger partial charge in [0.1, 0.15) is 11.8 Å². The van der Waals surface area contributed by atoms with Crippen molar-refractivity contribution >= 4 is 51.2 Å². The molecule has 0 aliphatic rings. The number of halogens is 2. The zero-order chi connectivity index (χ0) is 11.6. The highest BCUT2D eigenvalue weighted by Gasteiger charge is 2.14. The van der Waals surface area contributed by atoms with Gasteiger partial charge in [-0.2, -0.15) is 0 Å². The predicted molar refractivity (Wildman–Crippen MR) is 76.5 cm³/mol. The monoisotopic (exact) mass is 451 g/mol. The van der Waals surface area contributed by atoms with E-state index in [-0.39, 0.29) is 17.6 Å². The van der Waals surface area contributed by atoms with Crippen LogP contribution >= 0.6 is 45.2 Å². The number of nitrogens with two attached hydrogens (primary N) is 1. The molecule has 0 heterocycles. The van der Waals surface area contributed by atoms with Crippen LogP contribution in [-0.4, -0.2) is 27.7 Å².